The van der Waals surface area contributed by atoms with Crippen LogP contribution in [0, 0.1) is 6.92 Å². The maximum absolute atomic E-state index is 13.6. The first-order valence-electron chi connectivity index (χ1n) is 9.55. The highest BCUT2D eigenvalue weighted by molar-refractivity contribution is 7.22. The highest BCUT2D eigenvalue weighted by Gasteiger charge is 2.24. The molecule has 0 aliphatic rings. The monoisotopic (exact) mass is 418 g/mol. The molecule has 1 heterocycles. The molecule has 0 saturated heterocycles. The van der Waals surface area contributed by atoms with Crippen LogP contribution in [0.15, 0.2) is 66.7 Å². The van der Waals surface area contributed by atoms with Crippen molar-refractivity contribution < 1.29 is 14.3 Å². The molecule has 0 fully saturated rings. The van der Waals surface area contributed by atoms with Gasteiger partial charge in [-0.2, -0.15) is 0 Å². The van der Waals surface area contributed by atoms with Crippen molar-refractivity contribution in [2.75, 3.05) is 19.1 Å². The van der Waals surface area contributed by atoms with Crippen LogP contribution in [0.1, 0.15) is 11.1 Å². The summed E-state index contributed by atoms with van der Waals surface area (Å²) in [6, 6.07) is 21.2. The summed E-state index contributed by atoms with van der Waals surface area (Å²) in [7, 11) is 3.20. The van der Waals surface area contributed by atoms with Gasteiger partial charge in [0, 0.05) is 11.6 Å². The summed E-state index contributed by atoms with van der Waals surface area (Å²) in [6.45, 7) is 2.00. The maximum Gasteiger partial charge on any atom is 0.237 e. The molecule has 1 aromatic heterocycles. The van der Waals surface area contributed by atoms with E-state index in [0.29, 0.717) is 16.6 Å². The van der Waals surface area contributed by atoms with Crippen LogP contribution >= 0.6 is 11.3 Å². The van der Waals surface area contributed by atoms with Crippen LogP contribution in [0.25, 0.3) is 10.2 Å². The number of nitrogens with zero attached hydrogens (tertiary/aromatic N) is 2. The fraction of sp³-hybridized carbons (Fsp3) is 0.167. The summed E-state index contributed by atoms with van der Waals surface area (Å²) in [6.07, 6.45) is 0.178. The van der Waals surface area contributed by atoms with E-state index in [9.17, 15) is 4.79 Å². The molecule has 0 aliphatic carbocycles. The summed E-state index contributed by atoms with van der Waals surface area (Å²) in [4.78, 5) is 20.0. The highest BCUT2D eigenvalue weighted by atomic mass is 32.1. The molecule has 0 aliphatic heterocycles. The number of carbonyl (C=O) groups is 1. The zero-order chi connectivity index (χ0) is 21.1. The number of hydrogen-bond donors (Lipinski definition) is 0. The predicted molar refractivity (Wildman–Crippen MR) is 121 cm³/mol. The third-order valence-corrected chi connectivity index (χ3v) is 5.94. The summed E-state index contributed by atoms with van der Waals surface area (Å²) in [5.74, 6) is 1.23. The standard InChI is InChI=1S/C24H22N2O3S/c1-16-8-4-6-10-20(16)26(24-25-19-9-5-7-11-22(19)30-24)23(27)14-17-12-13-18(28-2)15-21(17)29-3/h4-13,15H,14H2,1-3H3. The molecule has 3 aromatic carbocycles. The molecule has 0 N–H and O–H groups in total. The van der Waals surface area contributed by atoms with Gasteiger partial charge < -0.3 is 9.47 Å². The lowest BCUT2D eigenvalue weighted by Crippen LogP contribution is -2.28. The van der Waals surface area contributed by atoms with Crippen LogP contribution in [0.2, 0.25) is 0 Å². The van der Waals surface area contributed by atoms with Gasteiger partial charge in [-0.1, -0.05) is 47.7 Å². The van der Waals surface area contributed by atoms with E-state index in [1.165, 1.54) is 11.3 Å². The van der Waals surface area contributed by atoms with E-state index in [0.717, 1.165) is 27.0 Å². The van der Waals surface area contributed by atoms with Crippen LogP contribution in [0.3, 0.4) is 0 Å². The van der Waals surface area contributed by atoms with E-state index in [2.05, 4.69) is 0 Å². The number of methoxy groups -OCH3 is 2. The second-order valence-corrected chi connectivity index (χ2v) is 7.84. The zero-order valence-corrected chi connectivity index (χ0v) is 17.9. The maximum atomic E-state index is 13.6. The average molecular weight is 419 g/mol. The minimum absolute atomic E-state index is 0.0770. The summed E-state index contributed by atoms with van der Waals surface area (Å²) < 4.78 is 11.8. The van der Waals surface area contributed by atoms with Crippen molar-refractivity contribution in [2.45, 2.75) is 13.3 Å². The van der Waals surface area contributed by atoms with Gasteiger partial charge in [-0.3, -0.25) is 9.69 Å². The third-order valence-electron chi connectivity index (χ3n) is 4.92. The Morgan fingerprint density at radius 1 is 1.00 bits per heavy atom. The number of anilines is 2. The molecule has 30 heavy (non-hydrogen) atoms. The highest BCUT2D eigenvalue weighted by Crippen LogP contribution is 2.36. The number of aryl methyl sites for hydroxylation is 1. The largest absolute Gasteiger partial charge is 0.497 e. The van der Waals surface area contributed by atoms with Gasteiger partial charge in [0.05, 0.1) is 36.5 Å². The molecule has 0 atom stereocenters. The van der Waals surface area contributed by atoms with Crippen molar-refractivity contribution >= 4 is 38.3 Å². The number of hydrogen-bond acceptors (Lipinski definition) is 5. The minimum atomic E-state index is -0.0770. The number of ether oxygens (including phenoxy) is 2. The Morgan fingerprint density at radius 3 is 2.50 bits per heavy atom. The molecule has 0 unspecified atom stereocenters. The summed E-state index contributed by atoms with van der Waals surface area (Å²) in [5.41, 5.74) is 3.51. The van der Waals surface area contributed by atoms with Gasteiger partial charge in [0.15, 0.2) is 5.13 Å². The van der Waals surface area contributed by atoms with Gasteiger partial charge in [0.2, 0.25) is 5.91 Å². The topological polar surface area (TPSA) is 51.7 Å². The van der Waals surface area contributed by atoms with Crippen LogP contribution < -0.4 is 14.4 Å². The molecule has 0 spiro atoms. The van der Waals surface area contributed by atoms with E-state index >= 15 is 0 Å². The Morgan fingerprint density at radius 2 is 1.77 bits per heavy atom. The molecule has 0 saturated carbocycles. The Bertz CT molecular complexity index is 1170. The van der Waals surface area contributed by atoms with Gasteiger partial charge in [-0.15, -0.1) is 0 Å². The normalized spacial score (nSPS) is 10.8. The number of fused-ring (bicyclic) bond motifs is 1. The van der Waals surface area contributed by atoms with E-state index in [4.69, 9.17) is 14.5 Å². The smallest absolute Gasteiger partial charge is 0.237 e. The van der Waals surface area contributed by atoms with Crippen molar-refractivity contribution in [1.82, 2.24) is 4.98 Å². The second kappa shape index (κ2) is 8.55. The van der Waals surface area contributed by atoms with E-state index in [1.54, 1.807) is 25.2 Å². The van der Waals surface area contributed by atoms with Gasteiger partial charge in [-0.05, 0) is 36.8 Å². The molecule has 152 valence electrons. The second-order valence-electron chi connectivity index (χ2n) is 6.83. The Balaban J connectivity index is 1.76. The zero-order valence-electron chi connectivity index (χ0n) is 17.1. The van der Waals surface area contributed by atoms with E-state index in [-0.39, 0.29) is 12.3 Å². The molecule has 1 amide bonds. The first-order valence-corrected chi connectivity index (χ1v) is 10.4. The molecule has 6 heteroatoms. The summed E-state index contributed by atoms with van der Waals surface area (Å²) in [5, 5.41) is 0.656. The van der Waals surface area contributed by atoms with Crippen molar-refractivity contribution in [3.8, 4) is 11.5 Å². The van der Waals surface area contributed by atoms with Crippen LogP contribution in [0.4, 0.5) is 10.8 Å². The molecular weight excluding hydrogens is 396 g/mol. The van der Waals surface area contributed by atoms with Crippen molar-refractivity contribution in [3.05, 3.63) is 77.9 Å². The van der Waals surface area contributed by atoms with Crippen LogP contribution in [0.5, 0.6) is 11.5 Å². The van der Waals surface area contributed by atoms with Gasteiger partial charge in [0.1, 0.15) is 11.5 Å². The Labute approximate surface area is 179 Å². The number of aromatic nitrogens is 1. The molecule has 0 bridgehead atoms. The minimum Gasteiger partial charge on any atom is -0.497 e. The first kappa shape index (κ1) is 19.9. The fourth-order valence-electron chi connectivity index (χ4n) is 3.35. The summed E-state index contributed by atoms with van der Waals surface area (Å²) >= 11 is 1.51. The van der Waals surface area contributed by atoms with Crippen molar-refractivity contribution in [1.29, 1.82) is 0 Å². The molecular formula is C24H22N2O3S. The van der Waals surface area contributed by atoms with Gasteiger partial charge >= 0.3 is 0 Å². The first-order chi connectivity index (χ1) is 14.6. The number of para-hydroxylation sites is 2. The van der Waals surface area contributed by atoms with Gasteiger partial charge in [-0.25, -0.2) is 4.98 Å². The van der Waals surface area contributed by atoms with E-state index in [1.807, 2.05) is 67.6 Å². The predicted octanol–water partition coefficient (Wildman–Crippen LogP) is 5.53. The lowest BCUT2D eigenvalue weighted by atomic mass is 10.1. The van der Waals surface area contributed by atoms with Crippen molar-refractivity contribution in [3.63, 3.8) is 0 Å². The van der Waals surface area contributed by atoms with Crippen molar-refractivity contribution in [2.24, 2.45) is 0 Å². The third kappa shape index (κ3) is 3.86. The number of thiazole rings is 1. The lowest BCUT2D eigenvalue weighted by molar-refractivity contribution is -0.117. The number of carbonyl (C=O) groups excluding carboxylic acids is 1. The number of amides is 1. The molecule has 0 radical (unpaired) electrons. The number of benzene rings is 3. The SMILES string of the molecule is COc1ccc(CC(=O)N(c2nc3ccccc3s2)c2ccccc2C)c(OC)c1. The molecule has 4 aromatic rings. The van der Waals surface area contributed by atoms with Crippen LogP contribution in [-0.2, 0) is 11.2 Å². The number of rotatable bonds is 6. The van der Waals surface area contributed by atoms with Gasteiger partial charge in [0.25, 0.3) is 0 Å². The quantitative estimate of drug-likeness (QED) is 0.413. The van der Waals surface area contributed by atoms with E-state index < -0.39 is 0 Å². The molecule has 5 nitrogen and oxygen atoms in total. The van der Waals surface area contributed by atoms with Crippen LogP contribution in [-0.4, -0.2) is 25.1 Å². The average Bonchev–Trinajstić information content (AvgIpc) is 3.19. The Kier molecular flexibility index (Phi) is 5.68. The fourth-order valence-corrected chi connectivity index (χ4v) is 4.35. The lowest BCUT2D eigenvalue weighted by Gasteiger charge is -2.22. The molecule has 4 rings (SSSR count). The Hall–Kier alpha value is -3.38.